The largest absolute Gasteiger partial charge is 0.459 e. The molecule has 0 heterocycles. The summed E-state index contributed by atoms with van der Waals surface area (Å²) in [6.45, 7) is 6.85. The number of amides is 1. The fourth-order valence-electron chi connectivity index (χ4n) is 4.72. The SMILES string of the molecule is CC(C)(C)OC(=O)C(N)C1(c2cccc(Cl)c2)CCC(NCCNC(=O)OCc2ccccc2)CC1. The van der Waals surface area contributed by atoms with E-state index in [1.165, 1.54) is 0 Å². The molecule has 1 saturated carbocycles. The van der Waals surface area contributed by atoms with Gasteiger partial charge in [0.2, 0.25) is 0 Å². The first-order valence-electron chi connectivity index (χ1n) is 12.5. The lowest BCUT2D eigenvalue weighted by molar-refractivity contribution is -0.159. The number of carbonyl (C=O) groups excluding carboxylic acids is 2. The quantitative estimate of drug-likeness (QED) is 0.330. The van der Waals surface area contributed by atoms with Gasteiger partial charge in [0.25, 0.3) is 0 Å². The van der Waals surface area contributed by atoms with Crippen LogP contribution in [0.5, 0.6) is 0 Å². The number of alkyl carbamates (subject to hydrolysis) is 1. The molecule has 2 aromatic rings. The third-order valence-electron chi connectivity index (χ3n) is 6.57. The Labute approximate surface area is 219 Å². The van der Waals surface area contributed by atoms with E-state index in [2.05, 4.69) is 10.6 Å². The number of rotatable bonds is 9. The average Bonchev–Trinajstić information content (AvgIpc) is 2.85. The third-order valence-corrected chi connectivity index (χ3v) is 6.81. The van der Waals surface area contributed by atoms with Crippen LogP contribution in [0.1, 0.15) is 57.6 Å². The van der Waals surface area contributed by atoms with Gasteiger partial charge in [-0.05, 0) is 69.7 Å². The topological polar surface area (TPSA) is 103 Å². The molecule has 0 bridgehead atoms. The molecular weight excluding hydrogens is 478 g/mol. The number of benzene rings is 2. The lowest BCUT2D eigenvalue weighted by Gasteiger charge is -2.44. The molecule has 1 aliphatic rings. The number of hydrogen-bond donors (Lipinski definition) is 3. The average molecular weight is 516 g/mol. The molecule has 0 aliphatic heterocycles. The van der Waals surface area contributed by atoms with Crippen molar-refractivity contribution < 1.29 is 19.1 Å². The summed E-state index contributed by atoms with van der Waals surface area (Å²) >= 11 is 6.30. The number of halogens is 1. The van der Waals surface area contributed by atoms with E-state index in [0.717, 1.165) is 36.8 Å². The first-order valence-corrected chi connectivity index (χ1v) is 12.9. The predicted molar refractivity (Wildman–Crippen MR) is 142 cm³/mol. The van der Waals surface area contributed by atoms with Crippen LogP contribution in [0.4, 0.5) is 4.79 Å². The molecule has 3 rings (SSSR count). The molecule has 1 aliphatic carbocycles. The maximum Gasteiger partial charge on any atom is 0.407 e. The Balaban J connectivity index is 1.52. The highest BCUT2D eigenvalue weighted by atomic mass is 35.5. The van der Waals surface area contributed by atoms with E-state index in [1.807, 2.05) is 75.4 Å². The smallest absolute Gasteiger partial charge is 0.407 e. The summed E-state index contributed by atoms with van der Waals surface area (Å²) in [5, 5.41) is 6.90. The van der Waals surface area contributed by atoms with Gasteiger partial charge in [0.05, 0.1) is 0 Å². The summed E-state index contributed by atoms with van der Waals surface area (Å²) in [6.07, 6.45) is 2.67. The first kappa shape index (κ1) is 28.0. The zero-order valence-corrected chi connectivity index (χ0v) is 22.1. The van der Waals surface area contributed by atoms with Crippen LogP contribution in [-0.2, 0) is 26.3 Å². The number of hydrogen-bond acceptors (Lipinski definition) is 6. The number of carbonyl (C=O) groups is 2. The molecule has 1 amide bonds. The van der Waals surface area contributed by atoms with Gasteiger partial charge in [-0.2, -0.15) is 0 Å². The molecule has 2 aromatic carbocycles. The van der Waals surface area contributed by atoms with Gasteiger partial charge in [0.15, 0.2) is 0 Å². The summed E-state index contributed by atoms with van der Waals surface area (Å²) in [4.78, 5) is 24.9. The Morgan fingerprint density at radius 3 is 2.42 bits per heavy atom. The van der Waals surface area contributed by atoms with Gasteiger partial charge in [0, 0.05) is 29.6 Å². The van der Waals surface area contributed by atoms with Gasteiger partial charge < -0.3 is 25.8 Å². The zero-order valence-electron chi connectivity index (χ0n) is 21.4. The predicted octanol–water partition coefficient (Wildman–Crippen LogP) is 4.71. The van der Waals surface area contributed by atoms with Gasteiger partial charge in [-0.3, -0.25) is 4.79 Å². The molecule has 1 unspecified atom stereocenters. The fourth-order valence-corrected chi connectivity index (χ4v) is 4.91. The Hall–Kier alpha value is -2.61. The molecule has 196 valence electrons. The summed E-state index contributed by atoms with van der Waals surface area (Å²) in [6, 6.07) is 16.6. The van der Waals surface area contributed by atoms with Crippen LogP contribution < -0.4 is 16.4 Å². The maximum atomic E-state index is 13.0. The van der Waals surface area contributed by atoms with Crippen molar-refractivity contribution in [3.8, 4) is 0 Å². The Kier molecular flexibility index (Phi) is 9.77. The van der Waals surface area contributed by atoms with Gasteiger partial charge >= 0.3 is 12.1 Å². The van der Waals surface area contributed by atoms with Crippen molar-refractivity contribution in [1.82, 2.24) is 10.6 Å². The summed E-state index contributed by atoms with van der Waals surface area (Å²) in [5.41, 5.74) is 7.34. The molecule has 7 nitrogen and oxygen atoms in total. The van der Waals surface area contributed by atoms with E-state index in [9.17, 15) is 9.59 Å². The minimum Gasteiger partial charge on any atom is -0.459 e. The molecule has 0 spiro atoms. The summed E-state index contributed by atoms with van der Waals surface area (Å²) in [7, 11) is 0. The Morgan fingerprint density at radius 1 is 1.08 bits per heavy atom. The number of ether oxygens (including phenoxy) is 2. The Morgan fingerprint density at radius 2 is 1.78 bits per heavy atom. The molecule has 0 saturated heterocycles. The standard InChI is InChI=1S/C28H38ClN3O4/c1-27(2,3)36-25(33)24(30)28(21-10-7-11-22(29)18-21)14-12-23(13-15-28)31-16-17-32-26(34)35-19-20-8-5-4-6-9-20/h4-11,18,23-24,31H,12-17,19,30H2,1-3H3,(H,32,34). The lowest BCUT2D eigenvalue weighted by atomic mass is 9.64. The molecule has 1 atom stereocenters. The minimum atomic E-state index is -0.794. The van der Waals surface area contributed by atoms with Crippen molar-refractivity contribution in [2.75, 3.05) is 13.1 Å². The molecule has 36 heavy (non-hydrogen) atoms. The van der Waals surface area contributed by atoms with E-state index in [1.54, 1.807) is 0 Å². The second kappa shape index (κ2) is 12.6. The summed E-state index contributed by atoms with van der Waals surface area (Å²) < 4.78 is 10.9. The Bertz CT molecular complexity index is 1000. The zero-order chi connectivity index (χ0) is 26.2. The number of nitrogens with two attached hydrogens (primary N) is 1. The van der Waals surface area contributed by atoms with Gasteiger partial charge in [0.1, 0.15) is 18.2 Å². The van der Waals surface area contributed by atoms with Gasteiger partial charge in [-0.1, -0.05) is 54.1 Å². The number of nitrogens with one attached hydrogen (secondary N) is 2. The normalized spacial score (nSPS) is 20.9. The minimum absolute atomic E-state index is 0.242. The second-order valence-electron chi connectivity index (χ2n) is 10.4. The summed E-state index contributed by atoms with van der Waals surface area (Å²) in [5.74, 6) is -0.396. The molecule has 4 N–H and O–H groups in total. The van der Waals surface area contributed by atoms with Crippen LogP contribution in [0.3, 0.4) is 0 Å². The van der Waals surface area contributed by atoms with E-state index >= 15 is 0 Å². The van der Waals surface area contributed by atoms with E-state index in [4.69, 9.17) is 26.8 Å². The fraction of sp³-hybridized carbons (Fsp3) is 0.500. The molecule has 0 radical (unpaired) electrons. The van der Waals surface area contributed by atoms with Crippen molar-refractivity contribution in [2.45, 2.75) is 76.2 Å². The van der Waals surface area contributed by atoms with Crippen molar-refractivity contribution in [3.05, 3.63) is 70.7 Å². The molecule has 0 aromatic heterocycles. The third kappa shape index (κ3) is 7.95. The van der Waals surface area contributed by atoms with Crippen LogP contribution in [0.25, 0.3) is 0 Å². The van der Waals surface area contributed by atoms with Crippen LogP contribution in [0.2, 0.25) is 5.02 Å². The van der Waals surface area contributed by atoms with Crippen LogP contribution in [0, 0.1) is 0 Å². The van der Waals surface area contributed by atoms with Crippen LogP contribution >= 0.6 is 11.6 Å². The highest BCUT2D eigenvalue weighted by Crippen LogP contribution is 2.43. The van der Waals surface area contributed by atoms with Crippen LogP contribution in [0.15, 0.2) is 54.6 Å². The second-order valence-corrected chi connectivity index (χ2v) is 10.8. The monoisotopic (exact) mass is 515 g/mol. The highest BCUT2D eigenvalue weighted by molar-refractivity contribution is 6.30. The van der Waals surface area contributed by atoms with Crippen LogP contribution in [-0.4, -0.2) is 42.8 Å². The highest BCUT2D eigenvalue weighted by Gasteiger charge is 2.46. The van der Waals surface area contributed by atoms with E-state index in [-0.39, 0.29) is 12.6 Å². The lowest BCUT2D eigenvalue weighted by Crippen LogP contribution is -2.55. The number of esters is 1. The van der Waals surface area contributed by atoms with Gasteiger partial charge in [-0.25, -0.2) is 4.79 Å². The molecule has 1 fully saturated rings. The van der Waals surface area contributed by atoms with Crippen molar-refractivity contribution >= 4 is 23.7 Å². The first-order chi connectivity index (χ1) is 17.1. The maximum absolute atomic E-state index is 13.0. The van der Waals surface area contributed by atoms with E-state index in [0.29, 0.717) is 18.1 Å². The molecule has 8 heteroatoms. The van der Waals surface area contributed by atoms with Gasteiger partial charge in [-0.15, -0.1) is 0 Å². The van der Waals surface area contributed by atoms with Crippen molar-refractivity contribution in [1.29, 1.82) is 0 Å². The van der Waals surface area contributed by atoms with E-state index < -0.39 is 29.1 Å². The molecular formula is C28H38ClN3O4. The van der Waals surface area contributed by atoms with Crippen molar-refractivity contribution in [2.24, 2.45) is 5.73 Å². The van der Waals surface area contributed by atoms with Crippen molar-refractivity contribution in [3.63, 3.8) is 0 Å².